The van der Waals surface area contributed by atoms with Crippen LogP contribution in [-0.2, 0) is 12.8 Å². The summed E-state index contributed by atoms with van der Waals surface area (Å²) < 4.78 is 0. The van der Waals surface area contributed by atoms with Gasteiger partial charge in [-0.2, -0.15) is 0 Å². The standard InChI is InChI=1S/C42H56N2/c1-5-7-15-41(39-27-25-37(43)29-31(39)3)35-21-17-33(18-22-35)13-11-9-10-12-14-34-19-23-36(24-20-34)42(16-8-6-2)40-28-26-38(44)30-32(40)4/h17-30,41-42H,5-16,43-44H2,1-4H3. The van der Waals surface area contributed by atoms with Gasteiger partial charge in [-0.3, -0.25) is 0 Å². The number of unbranched alkanes of at least 4 members (excludes halogenated alkanes) is 5. The van der Waals surface area contributed by atoms with E-state index in [9.17, 15) is 0 Å². The fourth-order valence-corrected chi connectivity index (χ4v) is 6.84. The summed E-state index contributed by atoms with van der Waals surface area (Å²) in [5.41, 5.74) is 25.0. The van der Waals surface area contributed by atoms with Crippen molar-refractivity contribution in [2.24, 2.45) is 0 Å². The third-order valence-electron chi connectivity index (χ3n) is 9.48. The van der Waals surface area contributed by atoms with E-state index < -0.39 is 0 Å². The topological polar surface area (TPSA) is 52.0 Å². The number of aryl methyl sites for hydroxylation is 4. The molecule has 4 N–H and O–H groups in total. The largest absolute Gasteiger partial charge is 0.399 e. The predicted molar refractivity (Wildman–Crippen MR) is 193 cm³/mol. The van der Waals surface area contributed by atoms with Crippen molar-refractivity contribution in [2.45, 2.75) is 117 Å². The average molecular weight is 589 g/mol. The molecule has 0 saturated heterocycles. The van der Waals surface area contributed by atoms with E-state index in [2.05, 4.69) is 113 Å². The summed E-state index contributed by atoms with van der Waals surface area (Å²) in [6, 6.07) is 31.8. The Kier molecular flexibility index (Phi) is 13.0. The first-order valence-electron chi connectivity index (χ1n) is 17.3. The van der Waals surface area contributed by atoms with Gasteiger partial charge in [0.2, 0.25) is 0 Å². The zero-order valence-corrected chi connectivity index (χ0v) is 27.9. The molecule has 0 aromatic heterocycles. The number of anilines is 2. The minimum Gasteiger partial charge on any atom is -0.399 e. The van der Waals surface area contributed by atoms with Crippen LogP contribution in [0, 0.1) is 13.8 Å². The first kappa shape index (κ1) is 33.4. The SMILES string of the molecule is CCCCC(c1ccc(CCCCCCc2ccc(C(CCCC)c3ccc(N)cc3C)cc2)cc1)c1ccc(N)cc1C. The second-order valence-corrected chi connectivity index (χ2v) is 13.0. The van der Waals surface area contributed by atoms with Crippen LogP contribution in [0.4, 0.5) is 11.4 Å². The van der Waals surface area contributed by atoms with E-state index in [1.807, 2.05) is 0 Å². The molecule has 2 atom stereocenters. The molecule has 0 aliphatic carbocycles. The smallest absolute Gasteiger partial charge is 0.0316 e. The van der Waals surface area contributed by atoms with Gasteiger partial charge in [0, 0.05) is 23.2 Å². The van der Waals surface area contributed by atoms with Gasteiger partial charge in [-0.1, -0.05) is 113 Å². The van der Waals surface area contributed by atoms with Gasteiger partial charge in [0.15, 0.2) is 0 Å². The molecule has 0 heterocycles. The summed E-state index contributed by atoms with van der Waals surface area (Å²) in [6.07, 6.45) is 14.7. The summed E-state index contributed by atoms with van der Waals surface area (Å²) in [5.74, 6) is 0.894. The molecule has 0 aliphatic heterocycles. The van der Waals surface area contributed by atoms with E-state index >= 15 is 0 Å². The van der Waals surface area contributed by atoms with E-state index in [4.69, 9.17) is 11.5 Å². The van der Waals surface area contributed by atoms with E-state index in [1.165, 1.54) is 122 Å². The Morgan fingerprint density at radius 3 is 1.20 bits per heavy atom. The van der Waals surface area contributed by atoms with Crippen molar-refractivity contribution >= 4 is 11.4 Å². The Hall–Kier alpha value is -3.52. The Labute approximate surface area is 268 Å². The fourth-order valence-electron chi connectivity index (χ4n) is 6.84. The zero-order chi connectivity index (χ0) is 31.3. The van der Waals surface area contributed by atoms with Crippen LogP contribution in [0.25, 0.3) is 0 Å². The van der Waals surface area contributed by atoms with Gasteiger partial charge in [-0.05, 0) is 121 Å². The van der Waals surface area contributed by atoms with Crippen LogP contribution in [0.15, 0.2) is 84.9 Å². The highest BCUT2D eigenvalue weighted by atomic mass is 14.5. The van der Waals surface area contributed by atoms with E-state index in [1.54, 1.807) is 0 Å². The van der Waals surface area contributed by atoms with Crippen molar-refractivity contribution in [1.29, 1.82) is 0 Å². The monoisotopic (exact) mass is 588 g/mol. The molecule has 2 heteroatoms. The first-order chi connectivity index (χ1) is 21.4. The number of hydrogen-bond acceptors (Lipinski definition) is 2. The molecule has 4 rings (SSSR count). The van der Waals surface area contributed by atoms with Gasteiger partial charge in [0.1, 0.15) is 0 Å². The Balaban J connectivity index is 1.24. The Bertz CT molecular complexity index is 1310. The second kappa shape index (κ2) is 17.1. The molecule has 0 amide bonds. The number of rotatable bonds is 17. The van der Waals surface area contributed by atoms with Crippen molar-refractivity contribution in [2.75, 3.05) is 11.5 Å². The maximum Gasteiger partial charge on any atom is 0.0316 e. The molecule has 4 aromatic rings. The highest BCUT2D eigenvalue weighted by molar-refractivity contribution is 5.49. The van der Waals surface area contributed by atoms with Crippen molar-refractivity contribution in [1.82, 2.24) is 0 Å². The Morgan fingerprint density at radius 2 is 0.864 bits per heavy atom. The molecule has 44 heavy (non-hydrogen) atoms. The minimum absolute atomic E-state index is 0.447. The van der Waals surface area contributed by atoms with E-state index in [0.29, 0.717) is 11.8 Å². The molecule has 0 spiro atoms. The van der Waals surface area contributed by atoms with Gasteiger partial charge >= 0.3 is 0 Å². The number of nitrogens with two attached hydrogens (primary N) is 2. The highest BCUT2D eigenvalue weighted by Gasteiger charge is 2.17. The Morgan fingerprint density at radius 1 is 0.477 bits per heavy atom. The highest BCUT2D eigenvalue weighted by Crippen LogP contribution is 2.34. The van der Waals surface area contributed by atoms with Crippen molar-refractivity contribution in [3.8, 4) is 0 Å². The third-order valence-corrected chi connectivity index (χ3v) is 9.48. The number of benzene rings is 4. The van der Waals surface area contributed by atoms with Gasteiger partial charge in [-0.15, -0.1) is 0 Å². The van der Waals surface area contributed by atoms with Gasteiger partial charge in [0.05, 0.1) is 0 Å². The van der Waals surface area contributed by atoms with Crippen LogP contribution in [0.3, 0.4) is 0 Å². The maximum atomic E-state index is 6.04. The van der Waals surface area contributed by atoms with Crippen LogP contribution >= 0.6 is 0 Å². The van der Waals surface area contributed by atoms with Gasteiger partial charge < -0.3 is 11.5 Å². The molecule has 4 aromatic carbocycles. The van der Waals surface area contributed by atoms with Crippen molar-refractivity contribution in [3.05, 3.63) is 129 Å². The van der Waals surface area contributed by atoms with Gasteiger partial charge in [0.25, 0.3) is 0 Å². The van der Waals surface area contributed by atoms with Gasteiger partial charge in [-0.25, -0.2) is 0 Å². The molecule has 0 radical (unpaired) electrons. The summed E-state index contributed by atoms with van der Waals surface area (Å²) >= 11 is 0. The van der Waals surface area contributed by atoms with Crippen LogP contribution in [-0.4, -0.2) is 0 Å². The first-order valence-corrected chi connectivity index (χ1v) is 17.3. The maximum absolute atomic E-state index is 6.04. The summed E-state index contributed by atoms with van der Waals surface area (Å²) in [4.78, 5) is 0. The van der Waals surface area contributed by atoms with Crippen LogP contribution in [0.5, 0.6) is 0 Å². The lowest BCUT2D eigenvalue weighted by Gasteiger charge is -2.21. The lowest BCUT2D eigenvalue weighted by atomic mass is 9.84. The molecule has 2 unspecified atom stereocenters. The van der Waals surface area contributed by atoms with E-state index in [0.717, 1.165) is 11.4 Å². The minimum atomic E-state index is 0.447. The van der Waals surface area contributed by atoms with E-state index in [-0.39, 0.29) is 0 Å². The lowest BCUT2D eigenvalue weighted by molar-refractivity contribution is 0.637. The van der Waals surface area contributed by atoms with Crippen molar-refractivity contribution in [3.63, 3.8) is 0 Å². The summed E-state index contributed by atoms with van der Waals surface area (Å²) in [5, 5.41) is 0. The molecule has 234 valence electrons. The number of nitrogen functional groups attached to an aromatic ring is 2. The molecule has 2 nitrogen and oxygen atoms in total. The number of hydrogen-bond donors (Lipinski definition) is 2. The van der Waals surface area contributed by atoms with Crippen LogP contribution < -0.4 is 11.5 Å². The fraction of sp³-hybridized carbons (Fsp3) is 0.429. The molecule has 0 aliphatic rings. The summed E-state index contributed by atoms with van der Waals surface area (Å²) in [7, 11) is 0. The molecular weight excluding hydrogens is 532 g/mol. The molecule has 0 saturated carbocycles. The quantitative estimate of drug-likeness (QED) is 0.0952. The average Bonchev–Trinajstić information content (AvgIpc) is 3.02. The zero-order valence-electron chi connectivity index (χ0n) is 27.9. The van der Waals surface area contributed by atoms with Crippen LogP contribution in [0.1, 0.15) is 134 Å². The summed E-state index contributed by atoms with van der Waals surface area (Å²) in [6.45, 7) is 8.95. The third kappa shape index (κ3) is 9.49. The second-order valence-electron chi connectivity index (χ2n) is 13.0. The predicted octanol–water partition coefficient (Wildman–Crippen LogP) is 11.5. The molecular formula is C42H56N2. The van der Waals surface area contributed by atoms with Crippen LogP contribution in [0.2, 0.25) is 0 Å². The lowest BCUT2D eigenvalue weighted by Crippen LogP contribution is -2.04. The van der Waals surface area contributed by atoms with Crippen molar-refractivity contribution < 1.29 is 0 Å². The molecule has 0 fully saturated rings. The normalized spacial score (nSPS) is 12.7. The molecule has 0 bridgehead atoms.